The predicted molar refractivity (Wildman–Crippen MR) is 88.6 cm³/mol. The summed E-state index contributed by atoms with van der Waals surface area (Å²) in [5.41, 5.74) is 7.93. The number of benzene rings is 2. The Hall–Kier alpha value is -1.54. The lowest BCUT2D eigenvalue weighted by Gasteiger charge is -2.24. The topological polar surface area (TPSA) is 35.2 Å². The summed E-state index contributed by atoms with van der Waals surface area (Å²) in [7, 11) is 1.73. The van der Waals surface area contributed by atoms with Crippen LogP contribution in [0.3, 0.4) is 0 Å². The Labute approximate surface area is 127 Å². The van der Waals surface area contributed by atoms with Crippen LogP contribution in [0.15, 0.2) is 36.4 Å². The lowest BCUT2D eigenvalue weighted by atomic mass is 9.85. The van der Waals surface area contributed by atoms with Gasteiger partial charge in [0.1, 0.15) is 5.75 Å². The quantitative estimate of drug-likeness (QED) is 0.820. The second kappa shape index (κ2) is 6.48. The van der Waals surface area contributed by atoms with Crippen LogP contribution in [-0.4, -0.2) is 7.11 Å². The summed E-state index contributed by atoms with van der Waals surface area (Å²) in [6.45, 7) is 0. The van der Waals surface area contributed by atoms with Gasteiger partial charge in [0, 0.05) is 11.4 Å². The molecule has 1 aliphatic carbocycles. The first-order valence-electron chi connectivity index (χ1n) is 8.12. The number of ether oxygens (including phenoxy) is 1. The van der Waals surface area contributed by atoms with Crippen molar-refractivity contribution in [2.75, 3.05) is 7.11 Å². The second-order valence-corrected chi connectivity index (χ2v) is 6.18. The van der Waals surface area contributed by atoms with E-state index in [1.165, 1.54) is 54.9 Å². The zero-order chi connectivity index (χ0) is 14.7. The Balaban J connectivity index is 1.99. The fraction of sp³-hybridized carbons (Fsp3) is 0.474. The Kier molecular flexibility index (Phi) is 4.45. The van der Waals surface area contributed by atoms with Crippen LogP contribution in [-0.2, 0) is 0 Å². The molecule has 0 bridgehead atoms. The lowest BCUT2D eigenvalue weighted by molar-refractivity contribution is 0.383. The first-order valence-corrected chi connectivity index (χ1v) is 8.12. The molecule has 2 nitrogen and oxygen atoms in total. The molecule has 1 unspecified atom stereocenters. The predicted octanol–water partition coefficient (Wildman–Crippen LogP) is 4.82. The molecule has 0 amide bonds. The van der Waals surface area contributed by atoms with Crippen LogP contribution in [0, 0.1) is 5.92 Å². The molecule has 0 aliphatic heterocycles. The minimum Gasteiger partial charge on any atom is -0.496 e. The van der Waals surface area contributed by atoms with Crippen molar-refractivity contribution in [2.45, 2.75) is 44.6 Å². The summed E-state index contributed by atoms with van der Waals surface area (Å²) in [5.74, 6) is 1.55. The Bertz CT molecular complexity index is 600. The maximum atomic E-state index is 6.66. The molecular weight excluding hydrogens is 258 g/mol. The van der Waals surface area contributed by atoms with Gasteiger partial charge in [0.15, 0.2) is 0 Å². The summed E-state index contributed by atoms with van der Waals surface area (Å²) in [6, 6.07) is 12.8. The summed E-state index contributed by atoms with van der Waals surface area (Å²) in [4.78, 5) is 0. The van der Waals surface area contributed by atoms with Crippen LogP contribution in [0.1, 0.15) is 50.1 Å². The number of hydrogen-bond acceptors (Lipinski definition) is 2. The van der Waals surface area contributed by atoms with Gasteiger partial charge in [-0.15, -0.1) is 0 Å². The first kappa shape index (κ1) is 14.4. The van der Waals surface area contributed by atoms with Gasteiger partial charge in [0.25, 0.3) is 0 Å². The first-order chi connectivity index (χ1) is 10.3. The minimum atomic E-state index is 0.138. The maximum Gasteiger partial charge on any atom is 0.126 e. The number of hydrogen-bond donors (Lipinski definition) is 1. The Morgan fingerprint density at radius 1 is 0.952 bits per heavy atom. The monoisotopic (exact) mass is 283 g/mol. The number of nitrogens with two attached hydrogens (primary N) is 1. The van der Waals surface area contributed by atoms with E-state index in [0.717, 1.165) is 5.75 Å². The Morgan fingerprint density at radius 2 is 1.62 bits per heavy atom. The lowest BCUT2D eigenvalue weighted by Crippen LogP contribution is -2.21. The van der Waals surface area contributed by atoms with Gasteiger partial charge in [-0.3, -0.25) is 0 Å². The maximum absolute atomic E-state index is 6.66. The normalized spacial score (nSPS) is 18.4. The molecule has 0 radical (unpaired) electrons. The van der Waals surface area contributed by atoms with Gasteiger partial charge < -0.3 is 10.5 Å². The van der Waals surface area contributed by atoms with Crippen molar-refractivity contribution in [1.82, 2.24) is 0 Å². The smallest absolute Gasteiger partial charge is 0.126 e. The average Bonchev–Trinajstić information content (AvgIpc) is 2.82. The highest BCUT2D eigenvalue weighted by Crippen LogP contribution is 2.37. The molecule has 0 spiro atoms. The van der Waals surface area contributed by atoms with E-state index in [1.54, 1.807) is 7.11 Å². The molecule has 3 rings (SSSR count). The summed E-state index contributed by atoms with van der Waals surface area (Å²) in [6.07, 6.45) is 7.92. The molecule has 112 valence electrons. The molecule has 0 saturated heterocycles. The van der Waals surface area contributed by atoms with Crippen molar-refractivity contribution in [3.63, 3.8) is 0 Å². The van der Waals surface area contributed by atoms with E-state index < -0.39 is 0 Å². The van der Waals surface area contributed by atoms with E-state index in [9.17, 15) is 0 Å². The van der Waals surface area contributed by atoms with Crippen molar-refractivity contribution in [3.8, 4) is 5.75 Å². The third-order valence-corrected chi connectivity index (χ3v) is 4.90. The van der Waals surface area contributed by atoms with Gasteiger partial charge in [-0.25, -0.2) is 0 Å². The van der Waals surface area contributed by atoms with Crippen LogP contribution in [0.5, 0.6) is 5.75 Å². The third kappa shape index (κ3) is 2.91. The van der Waals surface area contributed by atoms with Gasteiger partial charge in [0.2, 0.25) is 0 Å². The van der Waals surface area contributed by atoms with E-state index in [1.807, 2.05) is 0 Å². The summed E-state index contributed by atoms with van der Waals surface area (Å²) < 4.78 is 5.49. The molecule has 1 aliphatic rings. The van der Waals surface area contributed by atoms with Crippen molar-refractivity contribution >= 4 is 10.8 Å². The van der Waals surface area contributed by atoms with Gasteiger partial charge in [-0.05, 0) is 35.8 Å². The van der Waals surface area contributed by atoms with E-state index >= 15 is 0 Å². The minimum absolute atomic E-state index is 0.138. The van der Waals surface area contributed by atoms with Crippen LogP contribution in [0.4, 0.5) is 0 Å². The fourth-order valence-electron chi connectivity index (χ4n) is 3.69. The van der Waals surface area contributed by atoms with E-state index in [0.29, 0.717) is 5.92 Å². The second-order valence-electron chi connectivity index (χ2n) is 6.18. The number of fused-ring (bicyclic) bond motifs is 1. The van der Waals surface area contributed by atoms with Crippen molar-refractivity contribution in [2.24, 2.45) is 11.7 Å². The largest absolute Gasteiger partial charge is 0.496 e. The third-order valence-electron chi connectivity index (χ3n) is 4.90. The van der Waals surface area contributed by atoms with Gasteiger partial charge in [-0.1, -0.05) is 56.0 Å². The summed E-state index contributed by atoms with van der Waals surface area (Å²) >= 11 is 0. The van der Waals surface area contributed by atoms with Crippen molar-refractivity contribution < 1.29 is 4.74 Å². The molecule has 21 heavy (non-hydrogen) atoms. The van der Waals surface area contributed by atoms with Crippen molar-refractivity contribution in [3.05, 3.63) is 42.0 Å². The van der Waals surface area contributed by atoms with E-state index in [4.69, 9.17) is 10.5 Å². The molecule has 0 aromatic heterocycles. The van der Waals surface area contributed by atoms with Crippen LogP contribution in [0.25, 0.3) is 10.8 Å². The van der Waals surface area contributed by atoms with Crippen LogP contribution >= 0.6 is 0 Å². The highest BCUT2D eigenvalue weighted by atomic mass is 16.5. The van der Waals surface area contributed by atoms with E-state index in [2.05, 4.69) is 36.4 Å². The van der Waals surface area contributed by atoms with Gasteiger partial charge in [-0.2, -0.15) is 0 Å². The molecule has 1 atom stereocenters. The molecule has 1 fully saturated rings. The van der Waals surface area contributed by atoms with Crippen LogP contribution in [0.2, 0.25) is 0 Å². The Morgan fingerprint density at radius 3 is 2.29 bits per heavy atom. The zero-order valence-corrected chi connectivity index (χ0v) is 12.8. The fourth-order valence-corrected chi connectivity index (χ4v) is 3.69. The van der Waals surface area contributed by atoms with Gasteiger partial charge >= 0.3 is 0 Å². The molecule has 0 heterocycles. The van der Waals surface area contributed by atoms with E-state index in [-0.39, 0.29) is 6.04 Å². The molecular formula is C19H25NO. The zero-order valence-electron chi connectivity index (χ0n) is 12.8. The molecule has 2 aromatic rings. The molecule has 1 saturated carbocycles. The average molecular weight is 283 g/mol. The number of rotatable bonds is 3. The standard InChI is InChI=1S/C19H25NO/c1-21-18-13-12-17(15-10-6-7-11-16(15)18)19(20)14-8-4-2-3-5-9-14/h6-7,10-14,19H,2-5,8-9,20H2,1H3. The van der Waals surface area contributed by atoms with Crippen LogP contribution < -0.4 is 10.5 Å². The molecule has 2 N–H and O–H groups in total. The summed E-state index contributed by atoms with van der Waals surface area (Å²) in [5, 5.41) is 2.41. The highest BCUT2D eigenvalue weighted by molar-refractivity contribution is 5.91. The molecule has 2 heteroatoms. The SMILES string of the molecule is COc1ccc(C(N)C2CCCCCC2)c2ccccc12. The highest BCUT2D eigenvalue weighted by Gasteiger charge is 2.22. The number of methoxy groups -OCH3 is 1. The molecule has 2 aromatic carbocycles. The van der Waals surface area contributed by atoms with Gasteiger partial charge in [0.05, 0.1) is 7.11 Å². The van der Waals surface area contributed by atoms with Crippen molar-refractivity contribution in [1.29, 1.82) is 0 Å².